The lowest BCUT2D eigenvalue weighted by molar-refractivity contribution is 0.786. The van der Waals surface area contributed by atoms with E-state index in [9.17, 15) is 0 Å². The van der Waals surface area contributed by atoms with Crippen LogP contribution in [0.4, 0.5) is 0 Å². The maximum atomic E-state index is 4.53. The summed E-state index contributed by atoms with van der Waals surface area (Å²) in [5, 5.41) is 23.0. The fraction of sp³-hybridized carbons (Fsp3) is 0. The van der Waals surface area contributed by atoms with E-state index >= 15 is 0 Å². The second-order valence-electron chi connectivity index (χ2n) is 13.4. The van der Waals surface area contributed by atoms with Crippen molar-refractivity contribution in [2.45, 2.75) is 0 Å². The molecular formula is C46H30N8. The van der Waals surface area contributed by atoms with Crippen LogP contribution < -0.4 is 0 Å². The van der Waals surface area contributed by atoms with Gasteiger partial charge in [0.15, 0.2) is 0 Å². The van der Waals surface area contributed by atoms with Crippen molar-refractivity contribution in [3.63, 3.8) is 0 Å². The van der Waals surface area contributed by atoms with Crippen molar-refractivity contribution in [2.75, 3.05) is 0 Å². The van der Waals surface area contributed by atoms with E-state index in [1.165, 1.54) is 43.6 Å². The van der Waals surface area contributed by atoms with E-state index in [-0.39, 0.29) is 0 Å². The maximum absolute atomic E-state index is 4.53. The average Bonchev–Trinajstić information content (AvgIpc) is 4.05. The van der Waals surface area contributed by atoms with E-state index in [2.05, 4.69) is 175 Å². The van der Waals surface area contributed by atoms with E-state index in [1.807, 2.05) is 36.7 Å². The Kier molecular flexibility index (Phi) is 6.69. The largest absolute Gasteiger partial charge is 0.309 e. The highest BCUT2D eigenvalue weighted by atomic mass is 15.4. The fourth-order valence-corrected chi connectivity index (χ4v) is 7.79. The van der Waals surface area contributed by atoms with Gasteiger partial charge in [-0.1, -0.05) is 114 Å². The molecule has 0 spiro atoms. The van der Waals surface area contributed by atoms with Crippen LogP contribution in [0, 0.1) is 0 Å². The van der Waals surface area contributed by atoms with Gasteiger partial charge in [0.25, 0.3) is 0 Å². The zero-order valence-corrected chi connectivity index (χ0v) is 28.9. The Hall–Kier alpha value is -7.58. The van der Waals surface area contributed by atoms with Crippen LogP contribution in [0.2, 0.25) is 0 Å². The molecular weight excluding hydrogens is 665 g/mol. The monoisotopic (exact) mass is 694 g/mol. The zero-order valence-electron chi connectivity index (χ0n) is 28.9. The number of nitrogens with zero attached hydrogens (tertiary/aromatic N) is 8. The fourth-order valence-electron chi connectivity index (χ4n) is 7.79. The molecule has 0 saturated carbocycles. The van der Waals surface area contributed by atoms with Crippen molar-refractivity contribution in [2.24, 2.45) is 0 Å². The van der Waals surface area contributed by atoms with Gasteiger partial charge >= 0.3 is 0 Å². The van der Waals surface area contributed by atoms with Crippen LogP contribution in [0.25, 0.3) is 88.9 Å². The topological polar surface area (TPSA) is 71.3 Å². The van der Waals surface area contributed by atoms with Crippen LogP contribution in [0.1, 0.15) is 0 Å². The van der Waals surface area contributed by atoms with Gasteiger partial charge in [-0.3, -0.25) is 0 Å². The SMILES string of the molecule is c1cc(-n2cc(-c3ccc(-n4c5ccccc5c5ccccc54)cc3)nn2)cc(-n2cc(-c3ccc(-n4c5ccccc5c5ccccc54)cc3)nn2)c1. The molecule has 0 unspecified atom stereocenters. The number of hydrogen-bond acceptors (Lipinski definition) is 4. The molecule has 0 saturated heterocycles. The average molecular weight is 695 g/mol. The molecule has 0 bridgehead atoms. The summed E-state index contributed by atoms with van der Waals surface area (Å²) in [7, 11) is 0. The summed E-state index contributed by atoms with van der Waals surface area (Å²) < 4.78 is 8.22. The standard InChI is InChI=1S/C46H30N8/c1-5-16-43-37(12-1)38-13-2-6-17-44(38)53(43)33-24-20-31(21-25-33)41-29-51(49-47-41)35-10-9-11-36(28-35)52-30-42(48-50-52)32-22-26-34(27-23-32)54-45-18-7-3-14-39(45)40-15-4-8-19-46(40)54/h1-30H. The highest BCUT2D eigenvalue weighted by Crippen LogP contribution is 2.34. The summed E-state index contributed by atoms with van der Waals surface area (Å²) >= 11 is 0. The number of aromatic nitrogens is 8. The van der Waals surface area contributed by atoms with Gasteiger partial charge in [0.1, 0.15) is 11.4 Å². The second kappa shape index (κ2) is 12.0. The highest BCUT2D eigenvalue weighted by Gasteiger charge is 2.15. The summed E-state index contributed by atoms with van der Waals surface area (Å²) in [4.78, 5) is 0. The van der Waals surface area contributed by atoms with Crippen molar-refractivity contribution in [3.05, 3.63) is 182 Å². The van der Waals surface area contributed by atoms with E-state index in [0.29, 0.717) is 0 Å². The van der Waals surface area contributed by atoms with E-state index in [0.717, 1.165) is 45.3 Å². The summed E-state index contributed by atoms with van der Waals surface area (Å²) in [6, 6.07) is 59.3. The minimum absolute atomic E-state index is 0.793. The second-order valence-corrected chi connectivity index (χ2v) is 13.4. The molecule has 8 heteroatoms. The Balaban J connectivity index is 0.854. The van der Waals surface area contributed by atoms with Crippen LogP contribution in [0.3, 0.4) is 0 Å². The van der Waals surface area contributed by atoms with Crippen LogP contribution in [-0.4, -0.2) is 39.1 Å². The lowest BCUT2D eigenvalue weighted by atomic mass is 10.1. The van der Waals surface area contributed by atoms with Crippen molar-refractivity contribution < 1.29 is 0 Å². The molecule has 0 aliphatic carbocycles. The third kappa shape index (κ3) is 4.78. The van der Waals surface area contributed by atoms with Crippen LogP contribution in [0.15, 0.2) is 182 Å². The predicted octanol–water partition coefficient (Wildman–Crippen LogP) is 10.4. The molecule has 0 aliphatic heterocycles. The molecule has 8 nitrogen and oxygen atoms in total. The lowest BCUT2D eigenvalue weighted by Crippen LogP contribution is -1.99. The summed E-state index contributed by atoms with van der Waals surface area (Å²) in [5.41, 5.74) is 12.3. The molecule has 0 N–H and O–H groups in total. The normalized spacial score (nSPS) is 11.7. The van der Waals surface area contributed by atoms with Crippen LogP contribution >= 0.6 is 0 Å². The molecule has 11 aromatic rings. The Labute approximate surface area is 309 Å². The summed E-state index contributed by atoms with van der Waals surface area (Å²) in [6.07, 6.45) is 3.92. The zero-order chi connectivity index (χ0) is 35.6. The van der Waals surface area contributed by atoms with E-state index in [4.69, 9.17) is 0 Å². The number of rotatable bonds is 6. The van der Waals surface area contributed by atoms with Crippen LogP contribution in [0.5, 0.6) is 0 Å². The van der Waals surface area contributed by atoms with Crippen LogP contribution in [-0.2, 0) is 0 Å². The summed E-state index contributed by atoms with van der Waals surface area (Å²) in [5.74, 6) is 0. The Morgan fingerprint density at radius 3 is 1.04 bits per heavy atom. The van der Waals surface area contributed by atoms with Crippen molar-refractivity contribution in [1.29, 1.82) is 0 Å². The number of para-hydroxylation sites is 4. The first-order chi connectivity index (χ1) is 26.8. The van der Waals surface area contributed by atoms with Gasteiger partial charge in [0, 0.05) is 44.0 Å². The van der Waals surface area contributed by atoms with Crippen molar-refractivity contribution >= 4 is 43.6 Å². The highest BCUT2D eigenvalue weighted by molar-refractivity contribution is 6.10. The first-order valence-electron chi connectivity index (χ1n) is 17.9. The van der Waals surface area contributed by atoms with Gasteiger partial charge in [-0.25, -0.2) is 9.36 Å². The van der Waals surface area contributed by atoms with Gasteiger partial charge in [0.2, 0.25) is 0 Å². The van der Waals surface area contributed by atoms with Crippen molar-refractivity contribution in [1.82, 2.24) is 39.1 Å². The first-order valence-corrected chi connectivity index (χ1v) is 17.9. The Morgan fingerprint density at radius 2 is 0.667 bits per heavy atom. The van der Waals surface area contributed by atoms with E-state index < -0.39 is 0 Å². The molecule has 54 heavy (non-hydrogen) atoms. The molecule has 0 amide bonds. The first kappa shape index (κ1) is 30.1. The Bertz CT molecular complexity index is 2840. The van der Waals surface area contributed by atoms with Gasteiger partial charge in [-0.2, -0.15) is 0 Å². The Morgan fingerprint density at radius 1 is 0.315 bits per heavy atom. The molecule has 0 aliphatic rings. The molecule has 0 atom stereocenters. The number of benzene rings is 7. The third-order valence-electron chi connectivity index (χ3n) is 10.3. The van der Waals surface area contributed by atoms with Gasteiger partial charge in [-0.15, -0.1) is 10.2 Å². The molecule has 7 aromatic carbocycles. The quantitative estimate of drug-likeness (QED) is 0.174. The molecule has 4 aromatic heterocycles. The van der Waals surface area contributed by atoms with Crippen molar-refractivity contribution in [3.8, 4) is 45.3 Å². The smallest absolute Gasteiger partial charge is 0.113 e. The van der Waals surface area contributed by atoms with Gasteiger partial charge in [0.05, 0.1) is 45.8 Å². The predicted molar refractivity (Wildman–Crippen MR) is 216 cm³/mol. The lowest BCUT2D eigenvalue weighted by Gasteiger charge is -2.08. The number of hydrogen-bond donors (Lipinski definition) is 0. The summed E-state index contributed by atoms with van der Waals surface area (Å²) in [6.45, 7) is 0. The third-order valence-corrected chi connectivity index (χ3v) is 10.3. The minimum Gasteiger partial charge on any atom is -0.309 e. The maximum Gasteiger partial charge on any atom is 0.113 e. The van der Waals surface area contributed by atoms with Gasteiger partial charge < -0.3 is 9.13 Å². The number of fused-ring (bicyclic) bond motifs is 6. The molecule has 0 fully saturated rings. The molecule has 11 rings (SSSR count). The molecule has 0 radical (unpaired) electrons. The molecule has 254 valence electrons. The molecule has 4 heterocycles. The van der Waals surface area contributed by atoms with Gasteiger partial charge in [-0.05, 0) is 66.7 Å². The van der Waals surface area contributed by atoms with E-state index in [1.54, 1.807) is 9.36 Å². The minimum atomic E-state index is 0.793.